The van der Waals surface area contributed by atoms with Crippen LogP contribution in [0.2, 0.25) is 0 Å². The predicted molar refractivity (Wildman–Crippen MR) is 66.7 cm³/mol. The molecule has 0 spiro atoms. The van der Waals surface area contributed by atoms with Crippen molar-refractivity contribution in [3.8, 4) is 0 Å². The van der Waals surface area contributed by atoms with Gasteiger partial charge in [-0.05, 0) is 32.2 Å². The van der Waals surface area contributed by atoms with Crippen LogP contribution < -0.4 is 0 Å². The second-order valence-corrected chi connectivity index (χ2v) is 4.98. The Balaban J connectivity index is 1.91. The van der Waals surface area contributed by atoms with Gasteiger partial charge >= 0.3 is 0 Å². The van der Waals surface area contributed by atoms with E-state index in [-0.39, 0.29) is 0 Å². The van der Waals surface area contributed by atoms with Crippen molar-refractivity contribution in [2.24, 2.45) is 5.92 Å². The second kappa shape index (κ2) is 8.04. The van der Waals surface area contributed by atoms with Gasteiger partial charge in [0.2, 0.25) is 0 Å². The summed E-state index contributed by atoms with van der Waals surface area (Å²) in [5.74, 6) is 0.624. The zero-order valence-electron chi connectivity index (χ0n) is 11.1. The Labute approximate surface area is 100 Å². The van der Waals surface area contributed by atoms with Gasteiger partial charge in [0.25, 0.3) is 0 Å². The Morgan fingerprint density at radius 2 is 1.81 bits per heavy atom. The first-order valence-corrected chi connectivity index (χ1v) is 6.62. The zero-order valence-corrected chi connectivity index (χ0v) is 11.1. The molecule has 0 bridgehead atoms. The van der Waals surface area contributed by atoms with Crippen LogP contribution in [-0.4, -0.2) is 50.5 Å². The van der Waals surface area contributed by atoms with Gasteiger partial charge in [0.05, 0.1) is 19.3 Å². The third-order valence-corrected chi connectivity index (χ3v) is 3.29. The van der Waals surface area contributed by atoms with Crippen molar-refractivity contribution < 1.29 is 9.47 Å². The van der Waals surface area contributed by atoms with Gasteiger partial charge in [0.15, 0.2) is 0 Å². The Hall–Kier alpha value is -0.120. The molecule has 0 aromatic carbocycles. The molecule has 16 heavy (non-hydrogen) atoms. The van der Waals surface area contributed by atoms with E-state index >= 15 is 0 Å². The lowest BCUT2D eigenvalue weighted by atomic mass is 10.1. The Morgan fingerprint density at radius 3 is 2.44 bits per heavy atom. The van der Waals surface area contributed by atoms with Crippen LogP contribution in [0.4, 0.5) is 0 Å². The fourth-order valence-corrected chi connectivity index (χ4v) is 1.72. The van der Waals surface area contributed by atoms with Crippen LogP contribution in [0.1, 0.15) is 33.6 Å². The lowest BCUT2D eigenvalue weighted by Gasteiger charge is -2.26. The summed E-state index contributed by atoms with van der Waals surface area (Å²) in [6, 6.07) is 0. The van der Waals surface area contributed by atoms with E-state index in [1.165, 1.54) is 19.4 Å². The SMILES string of the molecule is CC(C)[C@@H](C)OCCCCN1CCOCC1. The number of ether oxygens (including phenoxy) is 2. The zero-order chi connectivity index (χ0) is 11.8. The van der Waals surface area contributed by atoms with E-state index in [1.54, 1.807) is 0 Å². The van der Waals surface area contributed by atoms with Gasteiger partial charge in [-0.3, -0.25) is 4.90 Å². The van der Waals surface area contributed by atoms with E-state index in [0.717, 1.165) is 32.9 Å². The van der Waals surface area contributed by atoms with Crippen molar-refractivity contribution in [1.82, 2.24) is 4.90 Å². The minimum atomic E-state index is 0.392. The fraction of sp³-hybridized carbons (Fsp3) is 1.00. The normalized spacial score (nSPS) is 20.2. The first kappa shape index (κ1) is 13.9. The highest BCUT2D eigenvalue weighted by Crippen LogP contribution is 2.06. The largest absolute Gasteiger partial charge is 0.379 e. The van der Waals surface area contributed by atoms with E-state index in [0.29, 0.717) is 12.0 Å². The van der Waals surface area contributed by atoms with Gasteiger partial charge in [-0.25, -0.2) is 0 Å². The van der Waals surface area contributed by atoms with Crippen LogP contribution in [-0.2, 0) is 9.47 Å². The molecule has 3 nitrogen and oxygen atoms in total. The maximum absolute atomic E-state index is 5.75. The average molecular weight is 229 g/mol. The van der Waals surface area contributed by atoms with Gasteiger partial charge in [-0.1, -0.05) is 13.8 Å². The van der Waals surface area contributed by atoms with E-state index in [9.17, 15) is 0 Å². The van der Waals surface area contributed by atoms with E-state index < -0.39 is 0 Å². The molecule has 0 radical (unpaired) electrons. The number of rotatable bonds is 7. The molecule has 0 N–H and O–H groups in total. The number of nitrogens with zero attached hydrogens (tertiary/aromatic N) is 1. The summed E-state index contributed by atoms with van der Waals surface area (Å²) in [6.07, 6.45) is 2.81. The molecule has 0 amide bonds. The number of hydrogen-bond donors (Lipinski definition) is 0. The molecule has 0 saturated carbocycles. The van der Waals surface area contributed by atoms with E-state index in [2.05, 4.69) is 25.7 Å². The highest BCUT2D eigenvalue weighted by molar-refractivity contribution is 4.61. The second-order valence-electron chi connectivity index (χ2n) is 4.98. The van der Waals surface area contributed by atoms with Crippen molar-refractivity contribution >= 4 is 0 Å². The Kier molecular flexibility index (Phi) is 7.01. The number of hydrogen-bond acceptors (Lipinski definition) is 3. The third kappa shape index (κ3) is 5.83. The Bertz CT molecular complexity index is 167. The molecular formula is C13H27NO2. The van der Waals surface area contributed by atoms with Gasteiger partial charge < -0.3 is 9.47 Å². The standard InChI is InChI=1S/C13H27NO2/c1-12(2)13(3)16-9-5-4-6-14-7-10-15-11-8-14/h12-13H,4-11H2,1-3H3/t13-/m1/s1. The van der Waals surface area contributed by atoms with Crippen LogP contribution in [0.3, 0.4) is 0 Å². The summed E-state index contributed by atoms with van der Waals surface area (Å²) >= 11 is 0. The van der Waals surface area contributed by atoms with Crippen LogP contribution >= 0.6 is 0 Å². The molecule has 0 aromatic heterocycles. The van der Waals surface area contributed by atoms with Crippen molar-refractivity contribution in [2.45, 2.75) is 39.7 Å². The summed E-state index contributed by atoms with van der Waals surface area (Å²) in [6.45, 7) is 12.7. The monoisotopic (exact) mass is 229 g/mol. The third-order valence-electron chi connectivity index (χ3n) is 3.29. The number of unbranched alkanes of at least 4 members (excludes halogenated alkanes) is 1. The molecule has 1 fully saturated rings. The maximum atomic E-state index is 5.75. The smallest absolute Gasteiger partial charge is 0.0594 e. The summed E-state index contributed by atoms with van der Waals surface area (Å²) in [5.41, 5.74) is 0. The molecule has 1 atom stereocenters. The van der Waals surface area contributed by atoms with Crippen LogP contribution in [0.25, 0.3) is 0 Å². The quantitative estimate of drug-likeness (QED) is 0.624. The molecule has 1 rings (SSSR count). The summed E-state index contributed by atoms with van der Waals surface area (Å²) in [5, 5.41) is 0. The molecule has 0 aliphatic carbocycles. The van der Waals surface area contributed by atoms with Crippen molar-refractivity contribution in [3.63, 3.8) is 0 Å². The molecular weight excluding hydrogens is 202 g/mol. The van der Waals surface area contributed by atoms with Crippen LogP contribution in [0, 0.1) is 5.92 Å². The van der Waals surface area contributed by atoms with Crippen LogP contribution in [0.5, 0.6) is 0 Å². The lowest BCUT2D eigenvalue weighted by molar-refractivity contribution is 0.0239. The molecule has 1 aliphatic rings. The number of morpholine rings is 1. The molecule has 1 heterocycles. The average Bonchev–Trinajstić information content (AvgIpc) is 2.29. The first-order chi connectivity index (χ1) is 7.70. The molecule has 1 saturated heterocycles. The molecule has 96 valence electrons. The molecule has 3 heteroatoms. The predicted octanol–water partition coefficient (Wildman–Crippen LogP) is 2.16. The topological polar surface area (TPSA) is 21.7 Å². The first-order valence-electron chi connectivity index (χ1n) is 6.62. The summed E-state index contributed by atoms with van der Waals surface area (Å²) in [7, 11) is 0. The lowest BCUT2D eigenvalue weighted by Crippen LogP contribution is -2.36. The van der Waals surface area contributed by atoms with Crippen molar-refractivity contribution in [1.29, 1.82) is 0 Å². The van der Waals surface area contributed by atoms with Gasteiger partial charge in [0.1, 0.15) is 0 Å². The summed E-state index contributed by atoms with van der Waals surface area (Å²) in [4.78, 5) is 2.48. The molecule has 0 unspecified atom stereocenters. The van der Waals surface area contributed by atoms with Gasteiger partial charge in [-0.2, -0.15) is 0 Å². The Morgan fingerprint density at radius 1 is 1.12 bits per heavy atom. The highest BCUT2D eigenvalue weighted by Gasteiger charge is 2.10. The maximum Gasteiger partial charge on any atom is 0.0594 e. The molecule has 0 aromatic rings. The van der Waals surface area contributed by atoms with Crippen molar-refractivity contribution in [2.75, 3.05) is 39.5 Å². The minimum Gasteiger partial charge on any atom is -0.379 e. The summed E-state index contributed by atoms with van der Waals surface area (Å²) < 4.78 is 11.1. The van der Waals surface area contributed by atoms with E-state index in [1.807, 2.05) is 0 Å². The van der Waals surface area contributed by atoms with Gasteiger partial charge in [-0.15, -0.1) is 0 Å². The van der Waals surface area contributed by atoms with Gasteiger partial charge in [0, 0.05) is 19.7 Å². The van der Waals surface area contributed by atoms with E-state index in [4.69, 9.17) is 9.47 Å². The van der Waals surface area contributed by atoms with Crippen LogP contribution in [0.15, 0.2) is 0 Å². The molecule has 1 aliphatic heterocycles. The highest BCUT2D eigenvalue weighted by atomic mass is 16.5. The fourth-order valence-electron chi connectivity index (χ4n) is 1.72. The minimum absolute atomic E-state index is 0.392. The van der Waals surface area contributed by atoms with Crippen molar-refractivity contribution in [3.05, 3.63) is 0 Å².